The Morgan fingerprint density at radius 2 is 1.82 bits per heavy atom. The lowest BCUT2D eigenvalue weighted by molar-refractivity contribution is 0.576. The van der Waals surface area contributed by atoms with Gasteiger partial charge in [0.05, 0.1) is 12.3 Å². The molecule has 1 aromatic carbocycles. The van der Waals surface area contributed by atoms with Crippen molar-refractivity contribution in [2.24, 2.45) is 20.0 Å². The minimum atomic E-state index is -3.67. The number of nitrogens with zero attached hydrogens (tertiary/aromatic N) is 4. The Morgan fingerprint density at radius 3 is 2.46 bits per heavy atom. The van der Waals surface area contributed by atoms with E-state index in [1.807, 2.05) is 0 Å². The number of fused-ring (bicyclic) bond motifs is 1. The van der Waals surface area contributed by atoms with Gasteiger partial charge in [-0.2, -0.15) is 4.98 Å². The Labute approximate surface area is 165 Å². The van der Waals surface area contributed by atoms with Crippen LogP contribution >= 0.6 is 11.6 Å². The van der Waals surface area contributed by atoms with Gasteiger partial charge in [-0.05, 0) is 30.4 Å². The van der Waals surface area contributed by atoms with Crippen LogP contribution in [0, 0.1) is 5.92 Å². The molecule has 0 saturated heterocycles. The smallest absolute Gasteiger partial charge is 0.312 e. The molecule has 0 N–H and O–H groups in total. The summed E-state index contributed by atoms with van der Waals surface area (Å²) in [7, 11) is -0.821. The number of benzene rings is 1. The summed E-state index contributed by atoms with van der Waals surface area (Å²) in [6.07, 6.45) is 1.75. The first-order chi connectivity index (χ1) is 13.2. The lowest BCUT2D eigenvalue weighted by Crippen LogP contribution is -2.38. The molecule has 4 rings (SSSR count). The number of sulfone groups is 1. The molecule has 8 nitrogen and oxygen atoms in total. The molecule has 0 amide bonds. The predicted octanol–water partition coefficient (Wildman–Crippen LogP) is 1.32. The highest BCUT2D eigenvalue weighted by Crippen LogP contribution is 2.32. The van der Waals surface area contributed by atoms with Gasteiger partial charge in [0.1, 0.15) is 0 Å². The van der Waals surface area contributed by atoms with Crippen LogP contribution in [0.3, 0.4) is 0 Å². The zero-order chi connectivity index (χ0) is 20.2. The number of aryl methyl sites for hydroxylation is 1. The number of aromatic nitrogens is 4. The summed E-state index contributed by atoms with van der Waals surface area (Å²) in [4.78, 5) is 29.7. The second kappa shape index (κ2) is 6.59. The maximum atomic E-state index is 12.8. The van der Waals surface area contributed by atoms with E-state index in [2.05, 4.69) is 4.98 Å². The van der Waals surface area contributed by atoms with Crippen LogP contribution < -0.4 is 11.2 Å². The van der Waals surface area contributed by atoms with Gasteiger partial charge in [0, 0.05) is 19.1 Å². The second-order valence-corrected chi connectivity index (χ2v) is 9.51. The maximum absolute atomic E-state index is 12.8. The summed E-state index contributed by atoms with van der Waals surface area (Å²) in [5.74, 6) is 0.136. The lowest BCUT2D eigenvalue weighted by Gasteiger charge is -2.10. The highest BCUT2D eigenvalue weighted by molar-refractivity contribution is 7.91. The normalized spacial score (nSPS) is 14.7. The highest BCUT2D eigenvalue weighted by atomic mass is 35.5. The molecule has 0 spiro atoms. The topological polar surface area (TPSA) is 96.0 Å². The van der Waals surface area contributed by atoms with Crippen molar-refractivity contribution in [3.8, 4) is 0 Å². The van der Waals surface area contributed by atoms with Crippen LogP contribution in [-0.4, -0.2) is 32.9 Å². The highest BCUT2D eigenvalue weighted by Gasteiger charge is 2.33. The number of rotatable bonds is 5. The largest absolute Gasteiger partial charge is 0.332 e. The van der Waals surface area contributed by atoms with E-state index in [4.69, 9.17) is 11.6 Å². The molecule has 1 aliphatic carbocycles. The van der Waals surface area contributed by atoms with E-state index >= 15 is 0 Å². The van der Waals surface area contributed by atoms with Crippen LogP contribution in [0.15, 0.2) is 39.0 Å². The first kappa shape index (κ1) is 18.9. The summed E-state index contributed by atoms with van der Waals surface area (Å²) < 4.78 is 29.1. The molecule has 3 aromatic rings. The second-order valence-electron chi connectivity index (χ2n) is 7.17. The van der Waals surface area contributed by atoms with Gasteiger partial charge in [0.25, 0.3) is 5.56 Å². The van der Waals surface area contributed by atoms with E-state index in [0.29, 0.717) is 10.6 Å². The molecule has 2 heterocycles. The molecule has 1 aliphatic rings. The van der Waals surface area contributed by atoms with E-state index in [1.165, 1.54) is 23.2 Å². The molecule has 0 bridgehead atoms. The molecule has 10 heteroatoms. The molecule has 0 unspecified atom stereocenters. The van der Waals surface area contributed by atoms with E-state index in [1.54, 1.807) is 24.3 Å². The Hall–Kier alpha value is -2.39. The van der Waals surface area contributed by atoms with Crippen molar-refractivity contribution in [2.45, 2.75) is 24.5 Å². The van der Waals surface area contributed by atoms with Crippen LogP contribution in [0.1, 0.15) is 18.4 Å². The van der Waals surface area contributed by atoms with Gasteiger partial charge in [-0.3, -0.25) is 13.9 Å². The minimum absolute atomic E-state index is 0.000771. The van der Waals surface area contributed by atoms with Crippen LogP contribution in [-0.2, 0) is 30.5 Å². The molecule has 2 aromatic heterocycles. The van der Waals surface area contributed by atoms with Gasteiger partial charge in [-0.25, -0.2) is 13.2 Å². The predicted molar refractivity (Wildman–Crippen MR) is 106 cm³/mol. The van der Waals surface area contributed by atoms with Crippen molar-refractivity contribution >= 4 is 32.6 Å². The van der Waals surface area contributed by atoms with Crippen LogP contribution in [0.5, 0.6) is 0 Å². The summed E-state index contributed by atoms with van der Waals surface area (Å²) in [5, 5.41) is 0.277. The molecular formula is C18H19ClN4O4S. The SMILES string of the molecule is Cn1c(=O)c2c(nc(S(=O)(=O)CC3CC3)n2C)n(Cc2ccccc2Cl)c1=O. The van der Waals surface area contributed by atoms with Crippen LogP contribution in [0.2, 0.25) is 5.02 Å². The van der Waals surface area contributed by atoms with Gasteiger partial charge in [0.15, 0.2) is 11.2 Å². The number of imidazole rings is 1. The average molecular weight is 423 g/mol. The van der Waals surface area contributed by atoms with Gasteiger partial charge >= 0.3 is 5.69 Å². The number of halogens is 1. The zero-order valence-corrected chi connectivity index (χ0v) is 17.0. The molecule has 1 saturated carbocycles. The maximum Gasteiger partial charge on any atom is 0.332 e. The monoisotopic (exact) mass is 422 g/mol. The summed E-state index contributed by atoms with van der Waals surface area (Å²) in [6.45, 7) is 0.0717. The molecule has 0 aliphatic heterocycles. The Bertz CT molecular complexity index is 1320. The van der Waals surface area contributed by atoms with E-state index in [-0.39, 0.29) is 34.5 Å². The summed E-state index contributed by atoms with van der Waals surface area (Å²) >= 11 is 6.22. The van der Waals surface area contributed by atoms with Crippen LogP contribution in [0.25, 0.3) is 11.2 Å². The van der Waals surface area contributed by atoms with Crippen LogP contribution in [0.4, 0.5) is 0 Å². The van der Waals surface area contributed by atoms with Gasteiger partial charge in [-0.15, -0.1) is 0 Å². The van der Waals surface area contributed by atoms with Gasteiger partial charge in [-0.1, -0.05) is 29.8 Å². The average Bonchev–Trinajstić information content (AvgIpc) is 3.37. The molecule has 148 valence electrons. The first-order valence-electron chi connectivity index (χ1n) is 8.83. The van der Waals surface area contributed by atoms with E-state index in [9.17, 15) is 18.0 Å². The summed E-state index contributed by atoms with van der Waals surface area (Å²) in [5.41, 5.74) is -0.382. The molecule has 28 heavy (non-hydrogen) atoms. The van der Waals surface area contributed by atoms with Crippen molar-refractivity contribution in [1.29, 1.82) is 0 Å². The molecule has 0 radical (unpaired) electrons. The quantitative estimate of drug-likeness (QED) is 0.617. The van der Waals surface area contributed by atoms with Crippen molar-refractivity contribution in [1.82, 2.24) is 18.7 Å². The van der Waals surface area contributed by atoms with Gasteiger partial charge < -0.3 is 4.57 Å². The number of hydrogen-bond donors (Lipinski definition) is 0. The third kappa shape index (κ3) is 3.08. The standard InChI is InChI=1S/C18H19ClN4O4S/c1-21-14-15(20-17(21)28(26,27)10-11-7-8-11)23(18(25)22(2)16(14)24)9-12-5-3-4-6-13(12)19/h3-6,11H,7-10H2,1-2H3. The van der Waals surface area contributed by atoms with E-state index < -0.39 is 21.1 Å². The minimum Gasteiger partial charge on any atom is -0.312 e. The third-order valence-corrected chi connectivity index (χ3v) is 7.23. The lowest BCUT2D eigenvalue weighted by atomic mass is 10.2. The van der Waals surface area contributed by atoms with Crippen molar-refractivity contribution in [3.05, 3.63) is 55.7 Å². The van der Waals surface area contributed by atoms with Crippen molar-refractivity contribution in [2.75, 3.05) is 5.75 Å². The fourth-order valence-corrected chi connectivity index (χ4v) is 5.33. The Balaban J connectivity index is 1.97. The Kier molecular flexibility index (Phi) is 4.46. The first-order valence-corrected chi connectivity index (χ1v) is 10.9. The fourth-order valence-electron chi connectivity index (χ4n) is 3.30. The zero-order valence-electron chi connectivity index (χ0n) is 15.4. The Morgan fingerprint density at radius 1 is 1.14 bits per heavy atom. The molecule has 0 atom stereocenters. The number of hydrogen-bond acceptors (Lipinski definition) is 5. The van der Waals surface area contributed by atoms with E-state index in [0.717, 1.165) is 17.4 Å². The molecular weight excluding hydrogens is 404 g/mol. The van der Waals surface area contributed by atoms with Gasteiger partial charge in [0.2, 0.25) is 15.0 Å². The summed E-state index contributed by atoms with van der Waals surface area (Å²) in [6, 6.07) is 7.02. The third-order valence-electron chi connectivity index (χ3n) is 5.03. The molecule has 1 fully saturated rings. The van der Waals surface area contributed by atoms with Crippen molar-refractivity contribution < 1.29 is 8.42 Å². The van der Waals surface area contributed by atoms with Crippen molar-refractivity contribution in [3.63, 3.8) is 0 Å². The fraction of sp³-hybridized carbons (Fsp3) is 0.389.